The third-order valence-corrected chi connectivity index (χ3v) is 5.03. The molecular weight excluding hydrogens is 326 g/mol. The van der Waals surface area contributed by atoms with Gasteiger partial charge in [-0.1, -0.05) is 29.8 Å². The van der Waals surface area contributed by atoms with Crippen LogP contribution < -0.4 is 4.74 Å². The summed E-state index contributed by atoms with van der Waals surface area (Å²) >= 11 is 0. The molecule has 3 aromatic rings. The maximum absolute atomic E-state index is 12.4. The first kappa shape index (κ1) is 16.6. The lowest BCUT2D eigenvalue weighted by Crippen LogP contribution is -2.40. The molecule has 0 atom stereocenters. The van der Waals surface area contributed by atoms with Crippen LogP contribution in [-0.2, 0) is 4.79 Å². The number of aromatic amines is 1. The molecule has 134 valence electrons. The number of likely N-dealkylation sites (tertiary alicyclic amines) is 1. The largest absolute Gasteiger partial charge is 0.484 e. The Bertz CT molecular complexity index is 860. The van der Waals surface area contributed by atoms with E-state index in [0.29, 0.717) is 5.92 Å². The highest BCUT2D eigenvalue weighted by Crippen LogP contribution is 2.27. The van der Waals surface area contributed by atoms with Crippen molar-refractivity contribution < 1.29 is 9.53 Å². The number of benzene rings is 2. The maximum Gasteiger partial charge on any atom is 0.260 e. The lowest BCUT2D eigenvalue weighted by Gasteiger charge is -2.31. The number of H-pyrrole nitrogens is 1. The van der Waals surface area contributed by atoms with Gasteiger partial charge in [0.25, 0.3) is 5.91 Å². The smallest absolute Gasteiger partial charge is 0.260 e. The second kappa shape index (κ2) is 7.20. The predicted molar refractivity (Wildman–Crippen MR) is 101 cm³/mol. The Balaban J connectivity index is 1.31. The van der Waals surface area contributed by atoms with Crippen LogP contribution >= 0.6 is 0 Å². The number of ether oxygens (including phenoxy) is 1. The van der Waals surface area contributed by atoms with Crippen molar-refractivity contribution in [2.75, 3.05) is 19.7 Å². The lowest BCUT2D eigenvalue weighted by molar-refractivity contribution is -0.134. The average molecular weight is 349 g/mol. The van der Waals surface area contributed by atoms with Gasteiger partial charge in [0.1, 0.15) is 11.6 Å². The molecule has 0 spiro atoms. The molecule has 1 amide bonds. The van der Waals surface area contributed by atoms with E-state index in [1.165, 1.54) is 5.56 Å². The third-order valence-electron chi connectivity index (χ3n) is 5.03. The van der Waals surface area contributed by atoms with E-state index in [-0.39, 0.29) is 12.5 Å². The molecule has 0 bridgehead atoms. The Hall–Kier alpha value is -2.82. The number of hydrogen-bond acceptors (Lipinski definition) is 3. The Morgan fingerprint density at radius 2 is 1.88 bits per heavy atom. The van der Waals surface area contributed by atoms with Gasteiger partial charge in [-0.25, -0.2) is 4.98 Å². The van der Waals surface area contributed by atoms with Gasteiger partial charge in [0.2, 0.25) is 0 Å². The zero-order chi connectivity index (χ0) is 17.9. The van der Waals surface area contributed by atoms with E-state index in [2.05, 4.69) is 4.98 Å². The predicted octanol–water partition coefficient (Wildman–Crippen LogP) is 3.66. The van der Waals surface area contributed by atoms with Crippen molar-refractivity contribution >= 4 is 16.9 Å². The minimum atomic E-state index is 0.0497. The Morgan fingerprint density at radius 3 is 2.62 bits per heavy atom. The molecule has 1 saturated heterocycles. The number of aromatic nitrogens is 2. The summed E-state index contributed by atoms with van der Waals surface area (Å²) in [7, 11) is 0. The Labute approximate surface area is 153 Å². The number of hydrogen-bond donors (Lipinski definition) is 1. The van der Waals surface area contributed by atoms with Crippen molar-refractivity contribution in [2.24, 2.45) is 0 Å². The zero-order valence-electron chi connectivity index (χ0n) is 14.9. The number of para-hydroxylation sites is 2. The fourth-order valence-electron chi connectivity index (χ4n) is 3.44. The summed E-state index contributed by atoms with van der Waals surface area (Å²) in [6.45, 7) is 3.62. The number of amides is 1. The molecule has 1 aliphatic rings. The quantitative estimate of drug-likeness (QED) is 0.782. The van der Waals surface area contributed by atoms with E-state index in [0.717, 1.165) is 48.5 Å². The van der Waals surface area contributed by atoms with Crippen LogP contribution in [0.3, 0.4) is 0 Å². The summed E-state index contributed by atoms with van der Waals surface area (Å²) in [4.78, 5) is 22.4. The fraction of sp³-hybridized carbons (Fsp3) is 0.333. The van der Waals surface area contributed by atoms with Crippen LogP contribution in [0.15, 0.2) is 48.5 Å². The van der Waals surface area contributed by atoms with Crippen molar-refractivity contribution in [3.05, 3.63) is 59.9 Å². The van der Waals surface area contributed by atoms with Gasteiger partial charge in [0.15, 0.2) is 6.61 Å². The first-order valence-corrected chi connectivity index (χ1v) is 9.11. The van der Waals surface area contributed by atoms with Crippen molar-refractivity contribution in [3.63, 3.8) is 0 Å². The molecule has 5 heteroatoms. The molecule has 0 aliphatic carbocycles. The molecule has 4 rings (SSSR count). The number of nitrogens with zero attached hydrogens (tertiary/aromatic N) is 2. The van der Waals surface area contributed by atoms with Crippen LogP contribution in [0.25, 0.3) is 11.0 Å². The number of piperidine rings is 1. The third kappa shape index (κ3) is 3.57. The van der Waals surface area contributed by atoms with Gasteiger partial charge in [-0.15, -0.1) is 0 Å². The van der Waals surface area contributed by atoms with Gasteiger partial charge in [-0.2, -0.15) is 0 Å². The summed E-state index contributed by atoms with van der Waals surface area (Å²) in [5.41, 5.74) is 3.26. The normalized spacial score (nSPS) is 15.3. The summed E-state index contributed by atoms with van der Waals surface area (Å²) in [6, 6.07) is 15.9. The van der Waals surface area contributed by atoms with Gasteiger partial charge < -0.3 is 14.6 Å². The SMILES string of the molecule is Cc1ccc(OCC(=O)N2CCC(c3nc4ccccc4[nH]3)CC2)cc1. The standard InChI is InChI=1S/C21H23N3O2/c1-15-6-8-17(9-7-15)26-14-20(25)24-12-10-16(11-13-24)21-22-18-4-2-3-5-19(18)23-21/h2-9,16H,10-14H2,1H3,(H,22,23). The van der Waals surface area contributed by atoms with Gasteiger partial charge in [-0.05, 0) is 44.0 Å². The number of carbonyl (C=O) groups is 1. The molecule has 2 aromatic carbocycles. The van der Waals surface area contributed by atoms with Crippen LogP contribution in [0.4, 0.5) is 0 Å². The summed E-state index contributed by atoms with van der Waals surface area (Å²) in [6.07, 6.45) is 1.85. The lowest BCUT2D eigenvalue weighted by atomic mass is 9.96. The summed E-state index contributed by atoms with van der Waals surface area (Å²) < 4.78 is 5.62. The Morgan fingerprint density at radius 1 is 1.15 bits per heavy atom. The number of rotatable bonds is 4. The second-order valence-corrected chi connectivity index (χ2v) is 6.90. The van der Waals surface area contributed by atoms with E-state index in [4.69, 9.17) is 9.72 Å². The highest BCUT2D eigenvalue weighted by molar-refractivity contribution is 5.78. The van der Waals surface area contributed by atoms with Crippen molar-refractivity contribution in [3.8, 4) is 5.75 Å². The fourth-order valence-corrected chi connectivity index (χ4v) is 3.44. The summed E-state index contributed by atoms with van der Waals surface area (Å²) in [5.74, 6) is 2.20. The first-order chi connectivity index (χ1) is 12.7. The molecule has 2 heterocycles. The van der Waals surface area contributed by atoms with Crippen molar-refractivity contribution in [2.45, 2.75) is 25.7 Å². The zero-order valence-corrected chi connectivity index (χ0v) is 14.9. The van der Waals surface area contributed by atoms with Crippen LogP contribution in [0.1, 0.15) is 30.1 Å². The Kier molecular flexibility index (Phi) is 4.61. The molecule has 0 radical (unpaired) electrons. The molecule has 26 heavy (non-hydrogen) atoms. The van der Waals surface area contributed by atoms with Gasteiger partial charge in [-0.3, -0.25) is 4.79 Å². The highest BCUT2D eigenvalue weighted by atomic mass is 16.5. The number of imidazole rings is 1. The first-order valence-electron chi connectivity index (χ1n) is 9.11. The molecule has 1 fully saturated rings. The van der Waals surface area contributed by atoms with E-state index in [1.807, 2.05) is 60.4 Å². The monoisotopic (exact) mass is 349 g/mol. The number of nitrogens with one attached hydrogen (secondary N) is 1. The molecule has 1 N–H and O–H groups in total. The van der Waals surface area contributed by atoms with E-state index >= 15 is 0 Å². The van der Waals surface area contributed by atoms with Crippen LogP contribution in [0.2, 0.25) is 0 Å². The molecule has 1 aliphatic heterocycles. The topological polar surface area (TPSA) is 58.2 Å². The number of aryl methyl sites for hydroxylation is 1. The number of fused-ring (bicyclic) bond motifs is 1. The average Bonchev–Trinajstić information content (AvgIpc) is 3.12. The van der Waals surface area contributed by atoms with E-state index < -0.39 is 0 Å². The van der Waals surface area contributed by atoms with E-state index in [1.54, 1.807) is 0 Å². The minimum absolute atomic E-state index is 0.0497. The highest BCUT2D eigenvalue weighted by Gasteiger charge is 2.25. The molecule has 5 nitrogen and oxygen atoms in total. The minimum Gasteiger partial charge on any atom is -0.484 e. The van der Waals surface area contributed by atoms with E-state index in [9.17, 15) is 4.79 Å². The van der Waals surface area contributed by atoms with Crippen molar-refractivity contribution in [1.82, 2.24) is 14.9 Å². The maximum atomic E-state index is 12.4. The van der Waals surface area contributed by atoms with Gasteiger partial charge in [0, 0.05) is 19.0 Å². The number of carbonyl (C=O) groups excluding carboxylic acids is 1. The van der Waals surface area contributed by atoms with Gasteiger partial charge >= 0.3 is 0 Å². The van der Waals surface area contributed by atoms with Crippen LogP contribution in [-0.4, -0.2) is 40.5 Å². The molecule has 1 aromatic heterocycles. The van der Waals surface area contributed by atoms with Crippen LogP contribution in [0.5, 0.6) is 5.75 Å². The molecular formula is C21H23N3O2. The van der Waals surface area contributed by atoms with Gasteiger partial charge in [0.05, 0.1) is 11.0 Å². The second-order valence-electron chi connectivity index (χ2n) is 6.90. The molecule has 0 unspecified atom stereocenters. The van der Waals surface area contributed by atoms with Crippen molar-refractivity contribution in [1.29, 1.82) is 0 Å². The summed E-state index contributed by atoms with van der Waals surface area (Å²) in [5, 5.41) is 0. The molecule has 0 saturated carbocycles. The van der Waals surface area contributed by atoms with Crippen LogP contribution in [0, 0.1) is 6.92 Å².